The van der Waals surface area contributed by atoms with E-state index in [9.17, 15) is 28.1 Å². The van der Waals surface area contributed by atoms with Gasteiger partial charge in [-0.05, 0) is 54.2 Å². The molecule has 1 saturated heterocycles. The minimum Gasteiger partial charge on any atom is -0.395 e. The number of likely N-dealkylation sites (tertiary alicyclic amines) is 1. The highest BCUT2D eigenvalue weighted by atomic mass is 19.4. The Morgan fingerprint density at radius 1 is 1.03 bits per heavy atom. The molecule has 1 amide bonds. The first-order valence-electron chi connectivity index (χ1n) is 11.5. The Morgan fingerprint density at radius 3 is 2.36 bits per heavy atom. The summed E-state index contributed by atoms with van der Waals surface area (Å²) in [6.45, 7) is 1.40. The Hall–Kier alpha value is -4.08. The molecule has 0 saturated carbocycles. The fourth-order valence-corrected chi connectivity index (χ4v) is 4.82. The fraction of sp³-hybridized carbons (Fsp3) is 0.269. The normalized spacial score (nSPS) is 14.9. The van der Waals surface area contributed by atoms with Crippen LogP contribution in [0.3, 0.4) is 0 Å². The van der Waals surface area contributed by atoms with Gasteiger partial charge in [-0.25, -0.2) is 0 Å². The van der Waals surface area contributed by atoms with Gasteiger partial charge in [-0.1, -0.05) is 30.3 Å². The zero-order valence-electron chi connectivity index (χ0n) is 19.1. The summed E-state index contributed by atoms with van der Waals surface area (Å²) in [7, 11) is 0. The maximum Gasteiger partial charge on any atom is 0.433 e. The first kappa shape index (κ1) is 23.7. The van der Waals surface area contributed by atoms with E-state index in [1.165, 1.54) is 24.3 Å². The zero-order chi connectivity index (χ0) is 25.4. The molecule has 4 aromatic rings. The van der Waals surface area contributed by atoms with Gasteiger partial charge in [0.15, 0.2) is 5.76 Å². The largest absolute Gasteiger partial charge is 0.433 e. The van der Waals surface area contributed by atoms with E-state index < -0.39 is 22.5 Å². The number of rotatable bonds is 5. The highest BCUT2D eigenvalue weighted by Gasteiger charge is 2.31. The highest BCUT2D eigenvalue weighted by Crippen LogP contribution is 2.36. The van der Waals surface area contributed by atoms with Gasteiger partial charge in [0.05, 0.1) is 11.6 Å². The summed E-state index contributed by atoms with van der Waals surface area (Å²) in [6.07, 6.45) is -0.889. The average Bonchev–Trinajstić information content (AvgIpc) is 3.50. The van der Waals surface area contributed by atoms with Crippen LogP contribution in [0.5, 0.6) is 0 Å². The number of fused-ring (bicyclic) bond motifs is 1. The van der Waals surface area contributed by atoms with Crippen molar-refractivity contribution in [2.45, 2.75) is 31.5 Å². The van der Waals surface area contributed by atoms with Gasteiger partial charge in [-0.3, -0.25) is 14.9 Å². The Bertz CT molecular complexity index is 1410. The van der Waals surface area contributed by atoms with Gasteiger partial charge in [0.1, 0.15) is 4.92 Å². The Kier molecular flexibility index (Phi) is 6.03. The van der Waals surface area contributed by atoms with Crippen molar-refractivity contribution in [1.82, 2.24) is 9.47 Å². The molecule has 10 heteroatoms. The van der Waals surface area contributed by atoms with Gasteiger partial charge in [-0.15, -0.1) is 0 Å². The number of para-hydroxylation sites is 1. The minimum absolute atomic E-state index is 0.0479. The molecule has 3 heterocycles. The molecular weight excluding hydrogens is 475 g/mol. The van der Waals surface area contributed by atoms with Crippen LogP contribution < -0.4 is 0 Å². The van der Waals surface area contributed by atoms with Crippen molar-refractivity contribution >= 4 is 22.7 Å². The number of hydrogen-bond donors (Lipinski definition) is 0. The summed E-state index contributed by atoms with van der Waals surface area (Å²) in [6, 6.07) is 15.6. The van der Waals surface area contributed by atoms with Gasteiger partial charge < -0.3 is 13.9 Å². The Labute approximate surface area is 203 Å². The first-order valence-corrected chi connectivity index (χ1v) is 11.5. The van der Waals surface area contributed by atoms with Crippen molar-refractivity contribution in [2.75, 3.05) is 13.1 Å². The quantitative estimate of drug-likeness (QED) is 0.242. The number of carbonyl (C=O) groups excluding carboxylic acids is 1. The van der Waals surface area contributed by atoms with Crippen LogP contribution >= 0.6 is 0 Å². The molecule has 1 aliphatic rings. The third-order valence-electron chi connectivity index (χ3n) is 6.66. The van der Waals surface area contributed by atoms with Gasteiger partial charge in [0, 0.05) is 36.7 Å². The second kappa shape index (κ2) is 9.18. The number of aromatic nitrogens is 1. The highest BCUT2D eigenvalue weighted by molar-refractivity contribution is 5.92. The summed E-state index contributed by atoms with van der Waals surface area (Å²) >= 11 is 0. The van der Waals surface area contributed by atoms with Gasteiger partial charge in [-0.2, -0.15) is 13.2 Å². The van der Waals surface area contributed by atoms with Crippen molar-refractivity contribution < 1.29 is 27.3 Å². The number of carbonyl (C=O) groups is 1. The monoisotopic (exact) mass is 497 g/mol. The molecule has 5 rings (SSSR count). The minimum atomic E-state index is -4.37. The van der Waals surface area contributed by atoms with Crippen molar-refractivity contribution in [1.29, 1.82) is 0 Å². The second-order valence-corrected chi connectivity index (χ2v) is 8.89. The molecule has 36 heavy (non-hydrogen) atoms. The molecule has 2 aromatic carbocycles. The van der Waals surface area contributed by atoms with E-state index in [4.69, 9.17) is 4.42 Å². The number of halogens is 3. The predicted octanol–water partition coefficient (Wildman–Crippen LogP) is 6.23. The molecule has 0 bridgehead atoms. The van der Waals surface area contributed by atoms with E-state index in [-0.39, 0.29) is 17.6 Å². The standard InChI is InChI=1S/C26H22F3N3O4/c27-26(28,29)19-7-5-17(6-8-19)15-31-16-21(20-3-1-2-4-22(20)31)18-11-13-30(14-12-18)25(33)23-9-10-24(36-23)32(34)35/h1-10,16,18H,11-15H2. The van der Waals surface area contributed by atoms with Crippen molar-refractivity contribution in [2.24, 2.45) is 0 Å². The maximum atomic E-state index is 12.9. The lowest BCUT2D eigenvalue weighted by atomic mass is 9.89. The smallest absolute Gasteiger partial charge is 0.395 e. The molecular formula is C26H22F3N3O4. The lowest BCUT2D eigenvalue weighted by molar-refractivity contribution is -0.402. The number of alkyl halides is 3. The average molecular weight is 497 g/mol. The number of furan rings is 1. The van der Waals surface area contributed by atoms with E-state index in [1.54, 1.807) is 4.90 Å². The molecule has 0 unspecified atom stereocenters. The van der Waals surface area contributed by atoms with E-state index >= 15 is 0 Å². The Morgan fingerprint density at radius 2 is 1.72 bits per heavy atom. The topological polar surface area (TPSA) is 81.5 Å². The van der Waals surface area contributed by atoms with Crippen LogP contribution in [-0.4, -0.2) is 33.4 Å². The van der Waals surface area contributed by atoms with Crippen LogP contribution in [0.2, 0.25) is 0 Å². The number of benzene rings is 2. The van der Waals surface area contributed by atoms with Crippen LogP contribution in [0.15, 0.2) is 71.3 Å². The number of hydrogen-bond acceptors (Lipinski definition) is 4. The van der Waals surface area contributed by atoms with Crippen LogP contribution in [-0.2, 0) is 12.7 Å². The number of piperidine rings is 1. The SMILES string of the molecule is O=C(c1ccc([N+](=O)[O-])o1)N1CCC(c2cn(Cc3ccc(C(F)(F)F)cc3)c3ccccc23)CC1. The van der Waals surface area contributed by atoms with Crippen molar-refractivity contribution in [3.05, 3.63) is 99.4 Å². The van der Waals surface area contributed by atoms with Gasteiger partial charge in [0.25, 0.3) is 5.91 Å². The van der Waals surface area contributed by atoms with E-state index in [0.717, 1.165) is 34.2 Å². The summed E-state index contributed by atoms with van der Waals surface area (Å²) < 4.78 is 45.8. The van der Waals surface area contributed by atoms with Crippen molar-refractivity contribution in [3.8, 4) is 0 Å². The number of nitrogens with zero attached hydrogens (tertiary/aromatic N) is 3. The molecule has 186 valence electrons. The van der Waals surface area contributed by atoms with Gasteiger partial charge in [0.2, 0.25) is 0 Å². The third kappa shape index (κ3) is 4.58. The van der Waals surface area contributed by atoms with Gasteiger partial charge >= 0.3 is 12.1 Å². The van der Waals surface area contributed by atoms with Crippen LogP contribution in [0.1, 0.15) is 46.0 Å². The molecule has 7 nitrogen and oxygen atoms in total. The van der Waals surface area contributed by atoms with E-state index in [2.05, 4.69) is 6.20 Å². The van der Waals surface area contributed by atoms with E-state index in [0.29, 0.717) is 32.5 Å². The lowest BCUT2D eigenvalue weighted by Gasteiger charge is -2.31. The molecule has 0 N–H and O–H groups in total. The van der Waals surface area contributed by atoms with Crippen LogP contribution in [0.4, 0.5) is 19.1 Å². The first-order chi connectivity index (χ1) is 17.2. The summed E-state index contributed by atoms with van der Waals surface area (Å²) in [5.41, 5.74) is 2.23. The van der Waals surface area contributed by atoms with Crippen LogP contribution in [0, 0.1) is 10.1 Å². The summed E-state index contributed by atoms with van der Waals surface area (Å²) in [5, 5.41) is 11.9. The zero-order valence-corrected chi connectivity index (χ0v) is 19.1. The third-order valence-corrected chi connectivity index (χ3v) is 6.66. The summed E-state index contributed by atoms with van der Waals surface area (Å²) in [4.78, 5) is 24.5. The number of amides is 1. The lowest BCUT2D eigenvalue weighted by Crippen LogP contribution is -2.37. The molecule has 0 spiro atoms. The number of nitro groups is 1. The summed E-state index contributed by atoms with van der Waals surface area (Å²) in [5.74, 6) is -0.688. The molecule has 0 radical (unpaired) electrons. The molecule has 0 aliphatic carbocycles. The Balaban J connectivity index is 1.32. The van der Waals surface area contributed by atoms with E-state index in [1.807, 2.05) is 28.8 Å². The second-order valence-electron chi connectivity index (χ2n) is 8.89. The van der Waals surface area contributed by atoms with Crippen LogP contribution in [0.25, 0.3) is 10.9 Å². The maximum absolute atomic E-state index is 12.9. The molecule has 1 aliphatic heterocycles. The predicted molar refractivity (Wildman–Crippen MR) is 126 cm³/mol. The molecule has 1 fully saturated rings. The molecule has 2 aromatic heterocycles. The van der Waals surface area contributed by atoms with Crippen molar-refractivity contribution in [3.63, 3.8) is 0 Å². The fourth-order valence-electron chi connectivity index (χ4n) is 4.82. The molecule has 0 atom stereocenters.